The third-order valence-corrected chi connectivity index (χ3v) is 4.39. The first kappa shape index (κ1) is 12.8. The number of alkyl halides is 1. The predicted octanol–water partition coefficient (Wildman–Crippen LogP) is 1.57. The first-order valence-corrected chi connectivity index (χ1v) is 6.64. The van der Waals surface area contributed by atoms with Crippen LogP contribution in [-0.2, 0) is 4.79 Å². The summed E-state index contributed by atoms with van der Waals surface area (Å²) >= 11 is 0. The van der Waals surface area contributed by atoms with Crippen LogP contribution in [0.5, 0.6) is 0 Å². The van der Waals surface area contributed by atoms with E-state index in [0.29, 0.717) is 12.5 Å². The molecule has 2 atom stereocenters. The van der Waals surface area contributed by atoms with Gasteiger partial charge in [0.25, 0.3) is 0 Å². The molecule has 0 aromatic carbocycles. The fraction of sp³-hybridized carbons (Fsp3) is 0.923. The summed E-state index contributed by atoms with van der Waals surface area (Å²) in [4.78, 5) is 13.2. The molecule has 17 heavy (non-hydrogen) atoms. The lowest BCUT2D eigenvalue weighted by Crippen LogP contribution is -2.45. The van der Waals surface area contributed by atoms with Gasteiger partial charge in [-0.25, -0.2) is 4.39 Å². The number of halogens is 1. The Hall–Kier alpha value is -0.640. The molecule has 0 radical (unpaired) electrons. The van der Waals surface area contributed by atoms with E-state index in [1.165, 1.54) is 12.8 Å². The lowest BCUT2D eigenvalue weighted by Gasteiger charge is -2.40. The zero-order valence-electron chi connectivity index (χ0n) is 10.7. The zero-order chi connectivity index (χ0) is 12.6. The Bertz CT molecular complexity index is 289. The van der Waals surface area contributed by atoms with Gasteiger partial charge >= 0.3 is 0 Å². The molecule has 98 valence electrons. The Kier molecular flexibility index (Phi) is 3.71. The van der Waals surface area contributed by atoms with Gasteiger partial charge in [0.2, 0.25) is 5.91 Å². The molecule has 0 spiro atoms. The standard InChI is InChI=1S/C13H23FN2O/c1-8(2)10-3-9(4-10)6-16-7-11(14)5-12(16)13(15)17/h8-12H,3-7H2,1-2H3,(H2,15,17)/t9-,10+,11-,12+/m1/s1. The van der Waals surface area contributed by atoms with Crippen LogP contribution in [0.4, 0.5) is 4.39 Å². The summed E-state index contributed by atoms with van der Waals surface area (Å²) in [5.74, 6) is 1.82. The van der Waals surface area contributed by atoms with Gasteiger partial charge in [0.15, 0.2) is 0 Å². The summed E-state index contributed by atoms with van der Waals surface area (Å²) in [7, 11) is 0. The summed E-state index contributed by atoms with van der Waals surface area (Å²) in [6.45, 7) is 5.73. The number of carbonyl (C=O) groups excluding carboxylic acids is 1. The van der Waals surface area contributed by atoms with Crippen molar-refractivity contribution in [2.75, 3.05) is 13.1 Å². The third kappa shape index (κ3) is 2.79. The van der Waals surface area contributed by atoms with Crippen LogP contribution in [0.15, 0.2) is 0 Å². The van der Waals surface area contributed by atoms with Gasteiger partial charge < -0.3 is 5.73 Å². The maximum absolute atomic E-state index is 13.3. The Morgan fingerprint density at radius 3 is 2.59 bits per heavy atom. The maximum atomic E-state index is 13.3. The average Bonchev–Trinajstić information content (AvgIpc) is 2.51. The molecular weight excluding hydrogens is 219 g/mol. The summed E-state index contributed by atoms with van der Waals surface area (Å²) in [5.41, 5.74) is 5.31. The molecule has 2 N–H and O–H groups in total. The van der Waals surface area contributed by atoms with Crippen molar-refractivity contribution in [1.29, 1.82) is 0 Å². The first-order valence-electron chi connectivity index (χ1n) is 6.64. The van der Waals surface area contributed by atoms with E-state index in [0.717, 1.165) is 18.4 Å². The number of amides is 1. The highest BCUT2D eigenvalue weighted by molar-refractivity contribution is 5.80. The Labute approximate surface area is 103 Å². The van der Waals surface area contributed by atoms with E-state index in [2.05, 4.69) is 13.8 Å². The zero-order valence-corrected chi connectivity index (χ0v) is 10.7. The van der Waals surface area contributed by atoms with Crippen LogP contribution in [-0.4, -0.2) is 36.1 Å². The molecule has 2 fully saturated rings. The van der Waals surface area contributed by atoms with Crippen LogP contribution in [0.2, 0.25) is 0 Å². The molecule has 2 aliphatic rings. The second-order valence-corrected chi connectivity index (χ2v) is 6.05. The van der Waals surface area contributed by atoms with Gasteiger partial charge in [-0.3, -0.25) is 9.69 Å². The minimum absolute atomic E-state index is 0.287. The molecule has 1 saturated heterocycles. The number of primary amides is 1. The summed E-state index contributed by atoms with van der Waals surface area (Å²) < 4.78 is 13.3. The fourth-order valence-electron chi connectivity index (χ4n) is 3.16. The van der Waals surface area contributed by atoms with Crippen molar-refractivity contribution in [2.45, 2.75) is 45.3 Å². The molecule has 3 nitrogen and oxygen atoms in total. The van der Waals surface area contributed by atoms with E-state index in [1.807, 2.05) is 4.90 Å². The van der Waals surface area contributed by atoms with E-state index in [9.17, 15) is 9.18 Å². The molecule has 1 saturated carbocycles. The number of carbonyl (C=O) groups is 1. The van der Waals surface area contributed by atoms with Gasteiger partial charge in [-0.2, -0.15) is 0 Å². The van der Waals surface area contributed by atoms with Crippen molar-refractivity contribution < 1.29 is 9.18 Å². The monoisotopic (exact) mass is 242 g/mol. The lowest BCUT2D eigenvalue weighted by atomic mass is 9.69. The quantitative estimate of drug-likeness (QED) is 0.813. The van der Waals surface area contributed by atoms with Crippen molar-refractivity contribution >= 4 is 5.91 Å². The van der Waals surface area contributed by atoms with Crippen LogP contribution in [0.25, 0.3) is 0 Å². The highest BCUT2D eigenvalue weighted by Crippen LogP contribution is 2.40. The van der Waals surface area contributed by atoms with Crippen molar-refractivity contribution in [2.24, 2.45) is 23.5 Å². The smallest absolute Gasteiger partial charge is 0.234 e. The van der Waals surface area contributed by atoms with Crippen molar-refractivity contribution in [3.05, 3.63) is 0 Å². The van der Waals surface area contributed by atoms with Crippen LogP contribution >= 0.6 is 0 Å². The van der Waals surface area contributed by atoms with Crippen LogP contribution in [0.3, 0.4) is 0 Å². The first-order chi connectivity index (χ1) is 7.97. The lowest BCUT2D eigenvalue weighted by molar-refractivity contribution is -0.122. The largest absolute Gasteiger partial charge is 0.368 e. The van der Waals surface area contributed by atoms with Crippen molar-refractivity contribution in [1.82, 2.24) is 4.90 Å². The average molecular weight is 242 g/mol. The molecule has 4 heteroatoms. The van der Waals surface area contributed by atoms with E-state index in [1.54, 1.807) is 0 Å². The number of nitrogens with two attached hydrogens (primary N) is 1. The minimum atomic E-state index is -0.881. The SMILES string of the molecule is CC(C)[C@H]1C[C@@H](CN2C[C@H](F)C[C@H]2C(N)=O)C1. The van der Waals surface area contributed by atoms with Gasteiger partial charge in [0.05, 0.1) is 6.04 Å². The highest BCUT2D eigenvalue weighted by Gasteiger charge is 2.39. The van der Waals surface area contributed by atoms with E-state index in [4.69, 9.17) is 5.73 Å². The molecule has 0 aromatic heterocycles. The van der Waals surface area contributed by atoms with Crippen LogP contribution in [0, 0.1) is 17.8 Å². The molecule has 1 amide bonds. The topological polar surface area (TPSA) is 46.3 Å². The van der Waals surface area contributed by atoms with Crippen LogP contribution < -0.4 is 5.73 Å². The second kappa shape index (κ2) is 4.92. The van der Waals surface area contributed by atoms with Gasteiger partial charge in [-0.1, -0.05) is 13.8 Å². The summed E-state index contributed by atoms with van der Waals surface area (Å²) in [6.07, 6.45) is 1.84. The molecular formula is C13H23FN2O. The molecule has 0 unspecified atom stereocenters. The molecule has 2 rings (SSSR count). The number of nitrogens with zero attached hydrogens (tertiary/aromatic N) is 1. The maximum Gasteiger partial charge on any atom is 0.234 e. The van der Waals surface area contributed by atoms with Crippen molar-refractivity contribution in [3.63, 3.8) is 0 Å². The number of likely N-dealkylation sites (tertiary alicyclic amines) is 1. The van der Waals surface area contributed by atoms with Crippen molar-refractivity contribution in [3.8, 4) is 0 Å². The van der Waals surface area contributed by atoms with E-state index >= 15 is 0 Å². The molecule has 1 aliphatic carbocycles. The minimum Gasteiger partial charge on any atom is -0.368 e. The normalized spacial score (nSPS) is 38.4. The van der Waals surface area contributed by atoms with E-state index in [-0.39, 0.29) is 18.4 Å². The second-order valence-electron chi connectivity index (χ2n) is 6.05. The predicted molar refractivity (Wildman–Crippen MR) is 65.1 cm³/mol. The van der Waals surface area contributed by atoms with Gasteiger partial charge in [0, 0.05) is 19.5 Å². The van der Waals surface area contributed by atoms with Crippen LogP contribution in [0.1, 0.15) is 33.1 Å². The third-order valence-electron chi connectivity index (χ3n) is 4.39. The molecule has 1 aliphatic heterocycles. The summed E-state index contributed by atoms with van der Waals surface area (Å²) in [5, 5.41) is 0. The Morgan fingerprint density at radius 1 is 1.41 bits per heavy atom. The summed E-state index contributed by atoms with van der Waals surface area (Å²) in [6, 6.07) is -0.372. The van der Waals surface area contributed by atoms with E-state index < -0.39 is 6.17 Å². The number of hydrogen-bond donors (Lipinski definition) is 1. The van der Waals surface area contributed by atoms with Gasteiger partial charge in [0.1, 0.15) is 6.17 Å². The number of rotatable bonds is 4. The Morgan fingerprint density at radius 2 is 2.06 bits per heavy atom. The molecule has 0 aromatic rings. The highest BCUT2D eigenvalue weighted by atomic mass is 19.1. The molecule has 0 bridgehead atoms. The Balaban J connectivity index is 1.81. The molecule has 1 heterocycles. The number of hydrogen-bond acceptors (Lipinski definition) is 2. The van der Waals surface area contributed by atoms with Gasteiger partial charge in [-0.05, 0) is 30.6 Å². The van der Waals surface area contributed by atoms with Gasteiger partial charge in [-0.15, -0.1) is 0 Å². The fourth-order valence-corrected chi connectivity index (χ4v) is 3.16.